The number of alkyl halides is 1. The number of ether oxygens (including phenoxy) is 1. The molecule has 7 heteroatoms. The van der Waals surface area contributed by atoms with Gasteiger partial charge >= 0.3 is 0 Å². The van der Waals surface area contributed by atoms with E-state index in [0.717, 1.165) is 49.7 Å². The van der Waals surface area contributed by atoms with E-state index in [1.165, 1.54) is 30.4 Å². The molecule has 0 radical (unpaired) electrons. The number of halogens is 1. The van der Waals surface area contributed by atoms with E-state index in [9.17, 15) is 9.00 Å². The van der Waals surface area contributed by atoms with Crippen LogP contribution in [0.5, 0.6) is 5.75 Å². The minimum Gasteiger partial charge on any atom is -0.491 e. The molecule has 1 heterocycles. The first-order valence-corrected chi connectivity index (χ1v) is 17.5. The summed E-state index contributed by atoms with van der Waals surface area (Å²) in [7, 11) is -1.43. The van der Waals surface area contributed by atoms with Crippen LogP contribution < -0.4 is 14.4 Å². The fraction of sp³-hybridized carbons (Fsp3) is 0.618. The third kappa shape index (κ3) is 9.22. The van der Waals surface area contributed by atoms with E-state index < -0.39 is 11.0 Å². The van der Waals surface area contributed by atoms with Crippen LogP contribution >= 0.6 is 11.6 Å². The predicted octanol–water partition coefficient (Wildman–Crippen LogP) is 8.38. The van der Waals surface area contributed by atoms with Crippen molar-refractivity contribution >= 4 is 34.2 Å². The van der Waals surface area contributed by atoms with Crippen molar-refractivity contribution in [1.82, 2.24) is 4.72 Å². The Hall–Kier alpha value is -2.05. The lowest BCUT2D eigenvalue weighted by Gasteiger charge is -2.39. The SMILES string of the molecule is CC.CCCc1ccccc1C1COc2ccc(C(=O)NS(=O)C(C)C(C)CC)cc2N(CC2CCC2C)C1.CCl. The number of rotatable bonds is 10. The van der Waals surface area contributed by atoms with Gasteiger partial charge in [0.1, 0.15) is 16.7 Å². The minimum atomic E-state index is -1.43. The average molecular weight is 605 g/mol. The summed E-state index contributed by atoms with van der Waals surface area (Å²) < 4.78 is 21.9. The minimum absolute atomic E-state index is 0.0985. The van der Waals surface area contributed by atoms with Gasteiger partial charge in [-0.1, -0.05) is 85.1 Å². The molecule has 0 aromatic heterocycles. The first-order chi connectivity index (χ1) is 19.8. The Morgan fingerprint density at radius 3 is 2.44 bits per heavy atom. The fourth-order valence-corrected chi connectivity index (χ4v) is 6.60. The van der Waals surface area contributed by atoms with Crippen molar-refractivity contribution in [2.24, 2.45) is 17.8 Å². The van der Waals surface area contributed by atoms with Crippen molar-refractivity contribution in [1.29, 1.82) is 0 Å². The Balaban J connectivity index is 0.00000141. The van der Waals surface area contributed by atoms with Gasteiger partial charge in [-0.15, -0.1) is 11.6 Å². The van der Waals surface area contributed by atoms with Gasteiger partial charge in [0.15, 0.2) is 0 Å². The van der Waals surface area contributed by atoms with Crippen molar-refractivity contribution in [3.63, 3.8) is 0 Å². The lowest BCUT2D eigenvalue weighted by molar-refractivity contribution is 0.0982. The molecule has 6 unspecified atom stereocenters. The molecule has 1 fully saturated rings. The molecular weight excluding hydrogens is 552 g/mol. The van der Waals surface area contributed by atoms with Crippen molar-refractivity contribution in [3.8, 4) is 5.75 Å². The number of carbonyl (C=O) groups excluding carboxylic acids is 1. The monoisotopic (exact) mass is 604 g/mol. The van der Waals surface area contributed by atoms with E-state index in [1.54, 1.807) is 6.07 Å². The highest BCUT2D eigenvalue weighted by molar-refractivity contribution is 7.84. The molecule has 6 atom stereocenters. The number of nitrogens with zero attached hydrogens (tertiary/aromatic N) is 1. The van der Waals surface area contributed by atoms with Gasteiger partial charge in [-0.3, -0.25) is 9.52 Å². The van der Waals surface area contributed by atoms with Gasteiger partial charge in [0.2, 0.25) is 0 Å². The van der Waals surface area contributed by atoms with Crippen molar-refractivity contribution in [2.75, 3.05) is 31.0 Å². The van der Waals surface area contributed by atoms with Gasteiger partial charge < -0.3 is 9.64 Å². The molecule has 2 aromatic rings. The van der Waals surface area contributed by atoms with Crippen LogP contribution in [0.1, 0.15) is 102 Å². The molecule has 1 N–H and O–H groups in total. The molecule has 1 aliphatic carbocycles. The smallest absolute Gasteiger partial charge is 0.263 e. The maximum Gasteiger partial charge on any atom is 0.263 e. The number of hydrogen-bond acceptors (Lipinski definition) is 4. The molecule has 41 heavy (non-hydrogen) atoms. The third-order valence-corrected chi connectivity index (χ3v) is 10.2. The maximum atomic E-state index is 13.1. The van der Waals surface area contributed by atoms with Crippen LogP contribution in [0.15, 0.2) is 42.5 Å². The summed E-state index contributed by atoms with van der Waals surface area (Å²) in [4.78, 5) is 15.6. The molecule has 2 aliphatic rings. The molecule has 0 spiro atoms. The largest absolute Gasteiger partial charge is 0.491 e. The van der Waals surface area contributed by atoms with E-state index in [1.807, 2.05) is 32.9 Å². The van der Waals surface area contributed by atoms with E-state index in [4.69, 9.17) is 4.74 Å². The molecule has 1 amide bonds. The van der Waals surface area contributed by atoms with E-state index >= 15 is 0 Å². The quantitative estimate of drug-likeness (QED) is 0.277. The Morgan fingerprint density at radius 1 is 1.12 bits per heavy atom. The lowest BCUT2D eigenvalue weighted by Crippen LogP contribution is -2.39. The summed E-state index contributed by atoms with van der Waals surface area (Å²) in [6, 6.07) is 14.4. The number of benzene rings is 2. The molecule has 0 saturated heterocycles. The number of amides is 1. The van der Waals surface area contributed by atoms with Crippen LogP contribution in [0.3, 0.4) is 0 Å². The van der Waals surface area contributed by atoms with Gasteiger partial charge in [0, 0.05) is 31.0 Å². The Morgan fingerprint density at radius 2 is 1.83 bits per heavy atom. The number of carbonyl (C=O) groups is 1. The summed E-state index contributed by atoms with van der Waals surface area (Å²) in [5.41, 5.74) is 4.28. The highest BCUT2D eigenvalue weighted by Gasteiger charge is 2.33. The Labute approximate surface area is 257 Å². The van der Waals surface area contributed by atoms with Crippen LogP contribution in [0.4, 0.5) is 5.69 Å². The summed E-state index contributed by atoms with van der Waals surface area (Å²) in [5, 5.41) is -0.0985. The van der Waals surface area contributed by atoms with Gasteiger partial charge in [-0.25, -0.2) is 4.21 Å². The summed E-state index contributed by atoms with van der Waals surface area (Å²) >= 11 is 4.64. The molecule has 4 rings (SSSR count). The average Bonchev–Trinajstić information content (AvgIpc) is 3.19. The summed E-state index contributed by atoms with van der Waals surface area (Å²) in [6.07, 6.45) is 7.11. The zero-order valence-electron chi connectivity index (χ0n) is 26.5. The van der Waals surface area contributed by atoms with Crippen LogP contribution in [0.2, 0.25) is 0 Å². The zero-order chi connectivity index (χ0) is 30.5. The van der Waals surface area contributed by atoms with Crippen molar-refractivity contribution in [2.45, 2.75) is 91.7 Å². The molecule has 5 nitrogen and oxygen atoms in total. The summed E-state index contributed by atoms with van der Waals surface area (Å²) in [6.45, 7) is 17.1. The van der Waals surface area contributed by atoms with E-state index in [2.05, 4.69) is 73.2 Å². The second-order valence-electron chi connectivity index (χ2n) is 11.2. The second kappa shape index (κ2) is 17.8. The molecule has 230 valence electrons. The highest BCUT2D eigenvalue weighted by atomic mass is 35.5. The first-order valence-electron chi connectivity index (χ1n) is 15.5. The maximum absolute atomic E-state index is 13.1. The highest BCUT2D eigenvalue weighted by Crippen LogP contribution is 2.40. The molecular formula is C34H53ClN2O3S. The zero-order valence-corrected chi connectivity index (χ0v) is 28.1. The normalized spacial score (nSPS) is 21.6. The predicted molar refractivity (Wildman–Crippen MR) is 177 cm³/mol. The van der Waals surface area contributed by atoms with Gasteiger partial charge in [-0.2, -0.15) is 0 Å². The first kappa shape index (κ1) is 35.1. The van der Waals surface area contributed by atoms with Crippen LogP contribution in [-0.4, -0.2) is 41.4 Å². The van der Waals surface area contributed by atoms with Gasteiger partial charge in [-0.05, 0) is 66.8 Å². The third-order valence-electron chi connectivity index (χ3n) is 8.69. The number of fused-ring (bicyclic) bond motifs is 1. The van der Waals surface area contributed by atoms with E-state index in [0.29, 0.717) is 18.1 Å². The summed E-state index contributed by atoms with van der Waals surface area (Å²) in [5.74, 6) is 2.43. The number of anilines is 1. The Bertz CT molecular complexity index is 1110. The van der Waals surface area contributed by atoms with Gasteiger partial charge in [0.25, 0.3) is 5.91 Å². The lowest BCUT2D eigenvalue weighted by atomic mass is 9.74. The molecule has 2 aromatic carbocycles. The van der Waals surface area contributed by atoms with Gasteiger partial charge in [0.05, 0.1) is 17.5 Å². The number of hydrogen-bond donors (Lipinski definition) is 1. The molecule has 0 bridgehead atoms. The van der Waals surface area contributed by atoms with Crippen molar-refractivity contribution < 1.29 is 13.7 Å². The second-order valence-corrected chi connectivity index (χ2v) is 12.7. The van der Waals surface area contributed by atoms with Crippen LogP contribution in [0.25, 0.3) is 0 Å². The number of aryl methyl sites for hydroxylation is 1. The van der Waals surface area contributed by atoms with Crippen LogP contribution in [0, 0.1) is 17.8 Å². The van der Waals surface area contributed by atoms with Crippen LogP contribution in [-0.2, 0) is 17.4 Å². The fourth-order valence-electron chi connectivity index (χ4n) is 5.50. The molecule has 1 aliphatic heterocycles. The van der Waals surface area contributed by atoms with Crippen molar-refractivity contribution in [3.05, 3.63) is 59.2 Å². The topological polar surface area (TPSA) is 58.6 Å². The number of nitrogens with one attached hydrogen (secondary N) is 1. The molecule has 1 saturated carbocycles. The Kier molecular flexibility index (Phi) is 15.3. The van der Waals surface area contributed by atoms with E-state index in [-0.39, 0.29) is 23.0 Å². The standard InChI is InChI=1S/C31H44N2O3S.C2H6.CH3Cl/c1-6-10-24-11-8-9-12-28(24)27-19-33(18-26-14-13-22(26)4)29-17-25(15-16-30(29)36-20-27)31(34)32-37(35)23(5)21(3)7-2;2*1-2/h8-9,11-12,15-17,21-23,26-27H,6-7,10,13-14,18-20H2,1-5H3,(H,32,34);1-2H3;1H3.